The molecule has 0 bridgehead atoms. The molecule has 1 aromatic heterocycles. The Balaban J connectivity index is 2.03. The molecule has 1 fully saturated rings. The van der Waals surface area contributed by atoms with Gasteiger partial charge in [-0.1, -0.05) is 13.3 Å². The maximum atomic E-state index is 5.62. The van der Waals surface area contributed by atoms with E-state index in [-0.39, 0.29) is 5.54 Å². The van der Waals surface area contributed by atoms with Crippen molar-refractivity contribution in [2.45, 2.75) is 70.8 Å². The van der Waals surface area contributed by atoms with Crippen molar-refractivity contribution in [1.29, 1.82) is 0 Å². The molecule has 122 valence electrons. The summed E-state index contributed by atoms with van der Waals surface area (Å²) in [6.07, 6.45) is 9.60. The zero-order valence-electron chi connectivity index (χ0n) is 14.3. The van der Waals surface area contributed by atoms with Crippen LogP contribution in [0.1, 0.15) is 62.5 Å². The number of fused-ring (bicyclic) bond motifs is 1. The molecular weight excluding hydrogens is 274 g/mol. The summed E-state index contributed by atoms with van der Waals surface area (Å²) in [7, 11) is 1.83. The van der Waals surface area contributed by atoms with Gasteiger partial charge in [-0.05, 0) is 51.9 Å². The van der Waals surface area contributed by atoms with Gasteiger partial charge in [0, 0.05) is 24.9 Å². The standard InChI is InChI=1S/C18H29N3O/c1-4-10-18(13-22-3)11-7-12-21(18)17-15-8-5-6-9-16(15)19-14(2)20-17/h4-13H2,1-3H3. The predicted molar refractivity (Wildman–Crippen MR) is 89.5 cm³/mol. The minimum absolute atomic E-state index is 0.134. The van der Waals surface area contributed by atoms with Crippen molar-refractivity contribution >= 4 is 5.82 Å². The van der Waals surface area contributed by atoms with Gasteiger partial charge in [0.25, 0.3) is 0 Å². The second-order valence-corrected chi connectivity index (χ2v) is 6.89. The van der Waals surface area contributed by atoms with Crippen molar-refractivity contribution in [3.63, 3.8) is 0 Å². The molecular formula is C18H29N3O. The maximum Gasteiger partial charge on any atom is 0.136 e. The third-order valence-electron chi connectivity index (χ3n) is 5.25. The molecule has 0 spiro atoms. The molecule has 4 heteroatoms. The first kappa shape index (κ1) is 15.7. The average molecular weight is 303 g/mol. The number of hydrogen-bond donors (Lipinski definition) is 0. The lowest BCUT2D eigenvalue weighted by molar-refractivity contribution is 0.127. The van der Waals surface area contributed by atoms with Gasteiger partial charge in [0.1, 0.15) is 11.6 Å². The molecule has 2 heterocycles. The van der Waals surface area contributed by atoms with E-state index in [1.165, 1.54) is 55.6 Å². The number of methoxy groups -OCH3 is 1. The van der Waals surface area contributed by atoms with E-state index in [4.69, 9.17) is 14.7 Å². The number of hydrogen-bond acceptors (Lipinski definition) is 4. The van der Waals surface area contributed by atoms with Gasteiger partial charge in [0.05, 0.1) is 12.1 Å². The lowest BCUT2D eigenvalue weighted by atomic mass is 9.90. The predicted octanol–water partition coefficient (Wildman–Crippen LogP) is 3.45. The fourth-order valence-corrected chi connectivity index (χ4v) is 4.40. The van der Waals surface area contributed by atoms with Crippen LogP contribution in [-0.2, 0) is 17.6 Å². The van der Waals surface area contributed by atoms with Crippen molar-refractivity contribution in [3.05, 3.63) is 17.1 Å². The van der Waals surface area contributed by atoms with E-state index >= 15 is 0 Å². The minimum atomic E-state index is 0.134. The number of rotatable bonds is 5. The number of aromatic nitrogens is 2. The van der Waals surface area contributed by atoms with Gasteiger partial charge in [-0.15, -0.1) is 0 Å². The Morgan fingerprint density at radius 1 is 1.18 bits per heavy atom. The summed E-state index contributed by atoms with van der Waals surface area (Å²) in [5, 5.41) is 0. The first-order valence-electron chi connectivity index (χ1n) is 8.83. The van der Waals surface area contributed by atoms with E-state index in [0.29, 0.717) is 0 Å². The molecule has 0 saturated carbocycles. The lowest BCUT2D eigenvalue weighted by Crippen LogP contribution is -2.48. The summed E-state index contributed by atoms with van der Waals surface area (Å²) in [5.74, 6) is 2.13. The zero-order valence-corrected chi connectivity index (χ0v) is 14.3. The zero-order chi connectivity index (χ0) is 15.6. The van der Waals surface area contributed by atoms with Gasteiger partial charge in [0.15, 0.2) is 0 Å². The number of anilines is 1. The molecule has 4 nitrogen and oxygen atoms in total. The van der Waals surface area contributed by atoms with Gasteiger partial charge >= 0.3 is 0 Å². The van der Waals surface area contributed by atoms with Crippen LogP contribution in [0.25, 0.3) is 0 Å². The van der Waals surface area contributed by atoms with Crippen LogP contribution in [0.4, 0.5) is 5.82 Å². The fraction of sp³-hybridized carbons (Fsp3) is 0.778. The van der Waals surface area contributed by atoms with Crippen molar-refractivity contribution < 1.29 is 4.74 Å². The summed E-state index contributed by atoms with van der Waals surface area (Å²) in [5.41, 5.74) is 2.84. The van der Waals surface area contributed by atoms with Crippen molar-refractivity contribution in [2.24, 2.45) is 0 Å². The molecule has 1 aliphatic heterocycles. The van der Waals surface area contributed by atoms with Gasteiger partial charge in [-0.3, -0.25) is 0 Å². The minimum Gasteiger partial charge on any atom is -0.382 e. The Hall–Kier alpha value is -1.16. The van der Waals surface area contributed by atoms with Crippen LogP contribution in [0.15, 0.2) is 0 Å². The summed E-state index contributed by atoms with van der Waals surface area (Å²) in [6, 6.07) is 0. The Bertz CT molecular complexity index is 523. The normalized spacial score (nSPS) is 24.6. The van der Waals surface area contributed by atoms with Crippen LogP contribution in [0, 0.1) is 6.92 Å². The highest BCUT2D eigenvalue weighted by atomic mass is 16.5. The van der Waals surface area contributed by atoms with Gasteiger partial charge in [-0.25, -0.2) is 9.97 Å². The Kier molecular flexibility index (Phi) is 4.67. The highest BCUT2D eigenvalue weighted by Gasteiger charge is 2.42. The molecule has 1 atom stereocenters. The van der Waals surface area contributed by atoms with E-state index in [1.807, 2.05) is 14.0 Å². The summed E-state index contributed by atoms with van der Waals surface area (Å²) >= 11 is 0. The van der Waals surface area contributed by atoms with E-state index < -0.39 is 0 Å². The first-order valence-corrected chi connectivity index (χ1v) is 8.83. The summed E-state index contributed by atoms with van der Waals surface area (Å²) in [6.45, 7) is 6.21. The van der Waals surface area contributed by atoms with Crippen molar-refractivity contribution in [2.75, 3.05) is 25.2 Å². The molecule has 1 aliphatic carbocycles. The molecule has 22 heavy (non-hydrogen) atoms. The summed E-state index contributed by atoms with van der Waals surface area (Å²) in [4.78, 5) is 12.2. The lowest BCUT2D eigenvalue weighted by Gasteiger charge is -2.40. The number of nitrogens with zero attached hydrogens (tertiary/aromatic N) is 3. The molecule has 1 aromatic rings. The Morgan fingerprint density at radius 3 is 2.77 bits per heavy atom. The molecule has 0 N–H and O–H groups in total. The van der Waals surface area contributed by atoms with E-state index in [0.717, 1.165) is 31.8 Å². The highest BCUT2D eigenvalue weighted by molar-refractivity contribution is 5.53. The molecule has 0 aromatic carbocycles. The van der Waals surface area contributed by atoms with Crippen LogP contribution in [-0.4, -0.2) is 35.8 Å². The van der Waals surface area contributed by atoms with Gasteiger partial charge < -0.3 is 9.64 Å². The SMILES string of the molecule is CCCC1(COC)CCCN1c1nc(C)nc2c1CCCC2. The van der Waals surface area contributed by atoms with Crippen LogP contribution >= 0.6 is 0 Å². The first-order chi connectivity index (χ1) is 10.7. The molecule has 1 unspecified atom stereocenters. The maximum absolute atomic E-state index is 5.62. The van der Waals surface area contributed by atoms with E-state index in [1.54, 1.807) is 0 Å². The topological polar surface area (TPSA) is 38.2 Å². The largest absolute Gasteiger partial charge is 0.382 e. The molecule has 2 aliphatic rings. The molecule has 3 rings (SSSR count). The quantitative estimate of drug-likeness (QED) is 0.835. The monoisotopic (exact) mass is 303 g/mol. The van der Waals surface area contributed by atoms with Crippen LogP contribution in [0.2, 0.25) is 0 Å². The Labute approximate surface area is 134 Å². The van der Waals surface area contributed by atoms with Crippen molar-refractivity contribution in [3.8, 4) is 0 Å². The highest BCUT2D eigenvalue weighted by Crippen LogP contribution is 2.40. The van der Waals surface area contributed by atoms with Crippen LogP contribution in [0.5, 0.6) is 0 Å². The van der Waals surface area contributed by atoms with Gasteiger partial charge in [0.2, 0.25) is 0 Å². The number of ether oxygens (including phenoxy) is 1. The van der Waals surface area contributed by atoms with E-state index in [9.17, 15) is 0 Å². The molecule has 1 saturated heterocycles. The second-order valence-electron chi connectivity index (χ2n) is 6.89. The third kappa shape index (κ3) is 2.73. The molecule has 0 amide bonds. The Morgan fingerprint density at radius 2 is 2.00 bits per heavy atom. The smallest absolute Gasteiger partial charge is 0.136 e. The fourth-order valence-electron chi connectivity index (χ4n) is 4.40. The van der Waals surface area contributed by atoms with Crippen LogP contribution < -0.4 is 4.90 Å². The molecule has 0 radical (unpaired) electrons. The van der Waals surface area contributed by atoms with E-state index in [2.05, 4.69) is 11.8 Å². The number of aryl methyl sites for hydroxylation is 2. The van der Waals surface area contributed by atoms with Crippen LogP contribution in [0.3, 0.4) is 0 Å². The second kappa shape index (κ2) is 6.53. The summed E-state index contributed by atoms with van der Waals surface area (Å²) < 4.78 is 5.62. The van der Waals surface area contributed by atoms with Crippen molar-refractivity contribution in [1.82, 2.24) is 9.97 Å². The third-order valence-corrected chi connectivity index (χ3v) is 5.25. The van der Waals surface area contributed by atoms with Gasteiger partial charge in [-0.2, -0.15) is 0 Å². The average Bonchev–Trinajstić information content (AvgIpc) is 2.90.